The van der Waals surface area contributed by atoms with Gasteiger partial charge in [-0.3, -0.25) is 0 Å². The van der Waals surface area contributed by atoms with E-state index in [1.54, 1.807) is 0 Å². The fourth-order valence-electron chi connectivity index (χ4n) is 3.28. The number of hydrogen-bond acceptors (Lipinski definition) is 4. The monoisotopic (exact) mass is 420 g/mol. The fourth-order valence-corrected chi connectivity index (χ4v) is 4.06. The molecule has 0 spiro atoms. The van der Waals surface area contributed by atoms with Crippen LogP contribution in [0.15, 0.2) is 60.7 Å². The van der Waals surface area contributed by atoms with E-state index < -0.39 is 18.3 Å². The lowest BCUT2D eigenvalue weighted by Crippen LogP contribution is -2.54. The highest BCUT2D eigenvalue weighted by Crippen LogP contribution is 2.32. The second kappa shape index (κ2) is 9.62. The summed E-state index contributed by atoms with van der Waals surface area (Å²) < 4.78 is 11.7. The summed E-state index contributed by atoms with van der Waals surface area (Å²) in [6, 6.07) is 19.7. The number of benzene rings is 2. The highest BCUT2D eigenvalue weighted by molar-refractivity contribution is 9.09. The molecule has 0 radical (unpaired) electrons. The average molecular weight is 421 g/mol. The Kier molecular flexibility index (Phi) is 7.23. The van der Waals surface area contributed by atoms with Crippen molar-refractivity contribution in [3.05, 3.63) is 71.8 Å². The SMILES string of the molecule is O[C@@H]1[C@@H](COCc2ccccc2)C[C@@H](Br)[C@H](O)[C@H]1OCc1ccccc1. The predicted octanol–water partition coefficient (Wildman–Crippen LogP) is 3.29. The van der Waals surface area contributed by atoms with Crippen LogP contribution < -0.4 is 0 Å². The van der Waals surface area contributed by atoms with Gasteiger partial charge in [-0.25, -0.2) is 0 Å². The first-order valence-electron chi connectivity index (χ1n) is 8.92. The van der Waals surface area contributed by atoms with E-state index in [2.05, 4.69) is 15.9 Å². The summed E-state index contributed by atoms with van der Waals surface area (Å²) in [5, 5.41) is 21.1. The molecule has 5 heteroatoms. The minimum absolute atomic E-state index is 0.0905. The van der Waals surface area contributed by atoms with E-state index in [-0.39, 0.29) is 10.7 Å². The van der Waals surface area contributed by atoms with Gasteiger partial charge in [0.05, 0.1) is 32.0 Å². The first-order valence-corrected chi connectivity index (χ1v) is 9.84. The molecule has 5 atom stereocenters. The predicted molar refractivity (Wildman–Crippen MR) is 104 cm³/mol. The second-order valence-electron chi connectivity index (χ2n) is 6.75. The average Bonchev–Trinajstić information content (AvgIpc) is 2.67. The molecule has 2 N–H and O–H groups in total. The van der Waals surface area contributed by atoms with Gasteiger partial charge in [-0.05, 0) is 17.5 Å². The standard InChI is InChI=1S/C21H25BrO4/c22-18-11-17(14-25-12-15-7-3-1-4-8-15)19(23)21(20(18)24)26-13-16-9-5-2-6-10-16/h1-10,17-21,23-24H,11-14H2/t17-,18-,19-,20+,21+/m1/s1. The number of ether oxygens (including phenoxy) is 2. The Balaban J connectivity index is 1.55. The summed E-state index contributed by atoms with van der Waals surface area (Å²) in [6.07, 6.45) is -1.52. The minimum Gasteiger partial charge on any atom is -0.390 e. The molecule has 1 aliphatic rings. The van der Waals surface area contributed by atoms with Crippen LogP contribution in [-0.2, 0) is 22.7 Å². The minimum atomic E-state index is -0.765. The van der Waals surface area contributed by atoms with Crippen molar-refractivity contribution in [3.8, 4) is 0 Å². The number of alkyl halides is 1. The Morgan fingerprint density at radius 2 is 1.42 bits per heavy atom. The molecule has 0 heterocycles. The van der Waals surface area contributed by atoms with Crippen LogP contribution in [0.4, 0.5) is 0 Å². The maximum atomic E-state index is 10.7. The molecule has 1 aliphatic carbocycles. The number of rotatable bonds is 7. The molecular weight excluding hydrogens is 396 g/mol. The third-order valence-corrected chi connectivity index (χ3v) is 5.70. The van der Waals surface area contributed by atoms with Crippen molar-refractivity contribution in [2.75, 3.05) is 6.61 Å². The molecule has 1 fully saturated rings. The van der Waals surface area contributed by atoms with Crippen LogP contribution in [0.2, 0.25) is 0 Å². The molecule has 1 saturated carbocycles. The van der Waals surface area contributed by atoms with Gasteiger partial charge < -0.3 is 19.7 Å². The van der Waals surface area contributed by atoms with Crippen LogP contribution >= 0.6 is 15.9 Å². The largest absolute Gasteiger partial charge is 0.390 e. The Bertz CT molecular complexity index is 652. The second-order valence-corrected chi connectivity index (χ2v) is 7.93. The number of aliphatic hydroxyl groups excluding tert-OH is 2. The van der Waals surface area contributed by atoms with E-state index in [0.29, 0.717) is 26.2 Å². The van der Waals surface area contributed by atoms with Crippen molar-refractivity contribution in [2.45, 2.75) is 42.8 Å². The van der Waals surface area contributed by atoms with E-state index in [1.165, 1.54) is 0 Å². The molecule has 4 nitrogen and oxygen atoms in total. The van der Waals surface area contributed by atoms with E-state index in [9.17, 15) is 10.2 Å². The molecule has 2 aromatic rings. The van der Waals surface area contributed by atoms with Gasteiger partial charge in [0.15, 0.2) is 0 Å². The van der Waals surface area contributed by atoms with Crippen LogP contribution in [-0.4, -0.2) is 40.0 Å². The summed E-state index contributed by atoms with van der Waals surface area (Å²) >= 11 is 3.53. The normalized spacial score (nSPS) is 28.8. The zero-order valence-corrected chi connectivity index (χ0v) is 16.2. The Morgan fingerprint density at radius 3 is 2.04 bits per heavy atom. The lowest BCUT2D eigenvalue weighted by Gasteiger charge is -2.40. The zero-order valence-electron chi connectivity index (χ0n) is 14.6. The Hall–Kier alpha value is -1.24. The molecule has 0 amide bonds. The fraction of sp³-hybridized carbons (Fsp3) is 0.429. The van der Waals surface area contributed by atoms with E-state index in [4.69, 9.17) is 9.47 Å². The molecule has 140 valence electrons. The van der Waals surface area contributed by atoms with Crippen LogP contribution in [0.3, 0.4) is 0 Å². The topological polar surface area (TPSA) is 58.9 Å². The highest BCUT2D eigenvalue weighted by Gasteiger charge is 2.43. The molecule has 0 bridgehead atoms. The van der Waals surface area contributed by atoms with Crippen LogP contribution in [0.1, 0.15) is 17.5 Å². The van der Waals surface area contributed by atoms with Gasteiger partial charge in [0.1, 0.15) is 6.10 Å². The number of halogens is 1. The Labute approximate surface area is 162 Å². The molecule has 26 heavy (non-hydrogen) atoms. The van der Waals surface area contributed by atoms with Crippen LogP contribution in [0.5, 0.6) is 0 Å². The summed E-state index contributed by atoms with van der Waals surface area (Å²) in [5.41, 5.74) is 2.12. The van der Waals surface area contributed by atoms with Gasteiger partial charge in [0, 0.05) is 10.7 Å². The van der Waals surface area contributed by atoms with Crippen molar-refractivity contribution in [2.24, 2.45) is 5.92 Å². The van der Waals surface area contributed by atoms with Crippen molar-refractivity contribution in [1.29, 1.82) is 0 Å². The first kappa shape index (κ1) is 19.5. The van der Waals surface area contributed by atoms with Crippen molar-refractivity contribution < 1.29 is 19.7 Å². The smallest absolute Gasteiger partial charge is 0.111 e. The number of aliphatic hydroxyl groups is 2. The molecule has 0 aliphatic heterocycles. The van der Waals surface area contributed by atoms with Crippen molar-refractivity contribution in [1.82, 2.24) is 0 Å². The number of hydrogen-bond donors (Lipinski definition) is 2. The van der Waals surface area contributed by atoms with Crippen molar-refractivity contribution in [3.63, 3.8) is 0 Å². The maximum Gasteiger partial charge on any atom is 0.111 e. The quantitative estimate of drug-likeness (QED) is 0.674. The summed E-state index contributed by atoms with van der Waals surface area (Å²) in [4.78, 5) is -0.128. The molecule has 0 unspecified atom stereocenters. The Morgan fingerprint density at radius 1 is 0.846 bits per heavy atom. The van der Waals surface area contributed by atoms with Gasteiger partial charge in [-0.15, -0.1) is 0 Å². The molecule has 2 aromatic carbocycles. The lowest BCUT2D eigenvalue weighted by atomic mass is 9.83. The zero-order chi connectivity index (χ0) is 18.4. The third kappa shape index (κ3) is 5.15. The first-order chi connectivity index (χ1) is 12.6. The molecule has 0 aromatic heterocycles. The molecule has 0 saturated heterocycles. The third-order valence-electron chi connectivity index (χ3n) is 4.78. The molecular formula is C21H25BrO4. The summed E-state index contributed by atoms with van der Waals surface area (Å²) in [7, 11) is 0. The lowest BCUT2D eigenvalue weighted by molar-refractivity contribution is -0.152. The van der Waals surface area contributed by atoms with Crippen LogP contribution in [0.25, 0.3) is 0 Å². The van der Waals surface area contributed by atoms with Gasteiger partial charge in [0.25, 0.3) is 0 Å². The molecule has 3 rings (SSSR count). The van der Waals surface area contributed by atoms with E-state index >= 15 is 0 Å². The van der Waals surface area contributed by atoms with Crippen molar-refractivity contribution >= 4 is 15.9 Å². The summed E-state index contributed by atoms with van der Waals surface area (Å²) in [6.45, 7) is 1.29. The van der Waals surface area contributed by atoms with E-state index in [1.807, 2.05) is 60.7 Å². The van der Waals surface area contributed by atoms with Gasteiger partial charge in [0.2, 0.25) is 0 Å². The van der Waals surface area contributed by atoms with Gasteiger partial charge in [-0.1, -0.05) is 76.6 Å². The van der Waals surface area contributed by atoms with Gasteiger partial charge >= 0.3 is 0 Å². The van der Waals surface area contributed by atoms with Gasteiger partial charge in [-0.2, -0.15) is 0 Å². The maximum absolute atomic E-state index is 10.7. The summed E-state index contributed by atoms with van der Waals surface area (Å²) in [5.74, 6) is -0.0905. The highest BCUT2D eigenvalue weighted by atomic mass is 79.9. The van der Waals surface area contributed by atoms with Crippen LogP contribution in [0, 0.1) is 5.92 Å². The van der Waals surface area contributed by atoms with E-state index in [0.717, 1.165) is 11.1 Å².